The van der Waals surface area contributed by atoms with Gasteiger partial charge in [0.2, 0.25) is 17.7 Å². The highest BCUT2D eigenvalue weighted by molar-refractivity contribution is 14.0. The molecule has 1 saturated heterocycles. The molecule has 8 nitrogen and oxygen atoms in total. The van der Waals surface area contributed by atoms with Crippen LogP contribution >= 0.6 is 35.3 Å². The lowest BCUT2D eigenvalue weighted by Gasteiger charge is -2.19. The second-order valence-electron chi connectivity index (χ2n) is 8.46. The SMILES string of the molecule is CN(C)C(=O)CN=C(NCCc1cccs1)NCCN1C(=O)C2C3C=CC(C3)C2C1=O.I. The van der Waals surface area contributed by atoms with Crippen molar-refractivity contribution in [2.45, 2.75) is 12.8 Å². The molecule has 0 radical (unpaired) electrons. The molecule has 32 heavy (non-hydrogen) atoms. The normalized spacial score (nSPS) is 25.7. The molecule has 1 aromatic heterocycles. The molecule has 0 aromatic carbocycles. The van der Waals surface area contributed by atoms with Crippen LogP contribution in [0, 0.1) is 23.7 Å². The smallest absolute Gasteiger partial charge is 0.243 e. The summed E-state index contributed by atoms with van der Waals surface area (Å²) in [5.74, 6) is 0.429. The number of nitrogens with one attached hydrogen (secondary N) is 2. The number of nitrogens with zero attached hydrogens (tertiary/aromatic N) is 3. The molecule has 2 heterocycles. The van der Waals surface area contributed by atoms with E-state index in [0.29, 0.717) is 25.6 Å². The second-order valence-corrected chi connectivity index (χ2v) is 9.50. The van der Waals surface area contributed by atoms with E-state index in [4.69, 9.17) is 0 Å². The van der Waals surface area contributed by atoms with Gasteiger partial charge in [0.05, 0.1) is 11.8 Å². The number of hydrogen-bond acceptors (Lipinski definition) is 5. The number of aliphatic imine (C=N–C) groups is 1. The van der Waals surface area contributed by atoms with E-state index in [1.807, 2.05) is 11.4 Å². The van der Waals surface area contributed by atoms with E-state index >= 15 is 0 Å². The number of allylic oxidation sites excluding steroid dienone is 2. The van der Waals surface area contributed by atoms with Crippen LogP contribution in [0.2, 0.25) is 0 Å². The molecule has 10 heteroatoms. The van der Waals surface area contributed by atoms with Gasteiger partial charge < -0.3 is 15.5 Å². The third-order valence-electron chi connectivity index (χ3n) is 6.30. The van der Waals surface area contributed by atoms with Gasteiger partial charge in [-0.05, 0) is 36.1 Å². The Labute approximate surface area is 209 Å². The van der Waals surface area contributed by atoms with Crippen LogP contribution in [0.15, 0.2) is 34.7 Å². The monoisotopic (exact) mass is 571 g/mol. The standard InChI is InChI=1S/C22H29N5O3S.HI/c1-26(2)17(28)13-25-22(23-8-7-16-4-3-11-31-16)24-9-10-27-20(29)18-14-5-6-15(12-14)19(18)21(27)30;/h3-6,11,14-15,18-19H,7-10,12-13H2,1-2H3,(H2,23,24,25);1H. The highest BCUT2D eigenvalue weighted by Gasteiger charge is 2.58. The summed E-state index contributed by atoms with van der Waals surface area (Å²) >= 11 is 1.70. The van der Waals surface area contributed by atoms with Crippen LogP contribution < -0.4 is 10.6 Å². The van der Waals surface area contributed by atoms with Crippen LogP contribution in [0.5, 0.6) is 0 Å². The number of thiophene rings is 1. The number of rotatable bonds is 8. The predicted molar refractivity (Wildman–Crippen MR) is 135 cm³/mol. The third kappa shape index (κ3) is 5.16. The Bertz CT molecular complexity index is 871. The molecule has 4 unspecified atom stereocenters. The minimum Gasteiger partial charge on any atom is -0.356 e. The average Bonchev–Trinajstić information content (AvgIpc) is 3.53. The van der Waals surface area contributed by atoms with E-state index in [1.165, 1.54) is 14.7 Å². The Balaban J connectivity index is 0.00000289. The number of amides is 3. The minimum absolute atomic E-state index is 0. The Hall–Kier alpha value is -1.95. The molecule has 2 bridgehead atoms. The molecule has 174 valence electrons. The van der Waals surface area contributed by atoms with Crippen LogP contribution in [0.25, 0.3) is 0 Å². The van der Waals surface area contributed by atoms with Gasteiger partial charge >= 0.3 is 0 Å². The second kappa shape index (κ2) is 10.8. The maximum atomic E-state index is 12.8. The highest BCUT2D eigenvalue weighted by Crippen LogP contribution is 2.52. The summed E-state index contributed by atoms with van der Waals surface area (Å²) in [5, 5.41) is 8.46. The molecular weight excluding hydrogens is 541 g/mol. The summed E-state index contributed by atoms with van der Waals surface area (Å²) in [7, 11) is 3.39. The lowest BCUT2D eigenvalue weighted by molar-refractivity contribution is -0.140. The maximum absolute atomic E-state index is 12.8. The zero-order valence-electron chi connectivity index (χ0n) is 18.3. The first-order chi connectivity index (χ1) is 15.0. The third-order valence-corrected chi connectivity index (χ3v) is 7.24. The van der Waals surface area contributed by atoms with Gasteiger partial charge in [0.25, 0.3) is 0 Å². The summed E-state index contributed by atoms with van der Waals surface area (Å²) in [4.78, 5) is 46.1. The Kier molecular flexibility index (Phi) is 8.32. The van der Waals surface area contributed by atoms with E-state index < -0.39 is 0 Å². The number of fused-ring (bicyclic) bond motifs is 5. The number of carbonyl (C=O) groups is 3. The maximum Gasteiger partial charge on any atom is 0.243 e. The molecular formula is C22H30IN5O3S. The summed E-state index contributed by atoms with van der Waals surface area (Å²) < 4.78 is 0. The van der Waals surface area contributed by atoms with Crippen molar-refractivity contribution in [3.05, 3.63) is 34.5 Å². The first kappa shape index (κ1) is 24.7. The lowest BCUT2D eigenvalue weighted by Crippen LogP contribution is -2.44. The van der Waals surface area contributed by atoms with Gasteiger partial charge in [0.1, 0.15) is 6.54 Å². The number of likely N-dealkylation sites (tertiary alicyclic amines) is 1. The first-order valence-corrected chi connectivity index (χ1v) is 11.6. The van der Waals surface area contributed by atoms with Crippen LogP contribution in [0.3, 0.4) is 0 Å². The Morgan fingerprint density at radius 1 is 1.16 bits per heavy atom. The van der Waals surface area contributed by atoms with Gasteiger partial charge in [-0.2, -0.15) is 0 Å². The molecule has 2 N–H and O–H groups in total. The van der Waals surface area contributed by atoms with Crippen LogP contribution in [0.4, 0.5) is 0 Å². The summed E-state index contributed by atoms with van der Waals surface area (Å²) in [5.41, 5.74) is 0. The van der Waals surface area contributed by atoms with E-state index in [-0.39, 0.29) is 71.9 Å². The molecule has 4 rings (SSSR count). The first-order valence-electron chi connectivity index (χ1n) is 10.7. The van der Waals surface area contributed by atoms with Crippen molar-refractivity contribution in [3.8, 4) is 0 Å². The quantitative estimate of drug-likeness (QED) is 0.162. The molecule has 2 fully saturated rings. The molecule has 1 aliphatic heterocycles. The van der Waals surface area contributed by atoms with Crippen LogP contribution in [0.1, 0.15) is 11.3 Å². The zero-order valence-corrected chi connectivity index (χ0v) is 21.5. The molecule has 4 atom stereocenters. The lowest BCUT2D eigenvalue weighted by atomic mass is 9.85. The Morgan fingerprint density at radius 3 is 2.41 bits per heavy atom. The fourth-order valence-electron chi connectivity index (χ4n) is 4.69. The van der Waals surface area contributed by atoms with Gasteiger partial charge in [-0.1, -0.05) is 18.2 Å². The van der Waals surface area contributed by atoms with E-state index in [0.717, 1.165) is 12.8 Å². The molecule has 0 spiro atoms. The minimum atomic E-state index is -0.169. The van der Waals surface area contributed by atoms with Crippen molar-refractivity contribution in [1.82, 2.24) is 20.4 Å². The predicted octanol–water partition coefficient (Wildman–Crippen LogP) is 1.34. The van der Waals surface area contributed by atoms with Gasteiger partial charge in [-0.25, -0.2) is 4.99 Å². The number of likely N-dealkylation sites (N-methyl/N-ethyl adjacent to an activating group) is 1. The molecule has 1 saturated carbocycles. The van der Waals surface area contributed by atoms with Gasteiger partial charge in [0, 0.05) is 38.6 Å². The summed E-state index contributed by atoms with van der Waals surface area (Å²) in [6.07, 6.45) is 5.98. The number of halogens is 1. The van der Waals surface area contributed by atoms with E-state index in [1.54, 1.807) is 25.4 Å². The van der Waals surface area contributed by atoms with Gasteiger partial charge in [0.15, 0.2) is 5.96 Å². The molecule has 3 aliphatic rings. The van der Waals surface area contributed by atoms with Crippen molar-refractivity contribution in [2.24, 2.45) is 28.7 Å². The topological polar surface area (TPSA) is 94.1 Å². The average molecular weight is 571 g/mol. The van der Waals surface area contributed by atoms with E-state index in [2.05, 4.69) is 33.8 Å². The Morgan fingerprint density at radius 2 is 1.81 bits per heavy atom. The van der Waals surface area contributed by atoms with Crippen molar-refractivity contribution in [2.75, 3.05) is 40.3 Å². The zero-order chi connectivity index (χ0) is 22.0. The van der Waals surface area contributed by atoms with Crippen LogP contribution in [-0.2, 0) is 20.8 Å². The fourth-order valence-corrected chi connectivity index (χ4v) is 5.40. The van der Waals surface area contributed by atoms with Crippen molar-refractivity contribution >= 4 is 59.0 Å². The highest BCUT2D eigenvalue weighted by atomic mass is 127. The summed E-state index contributed by atoms with van der Waals surface area (Å²) in [6, 6.07) is 4.10. The number of hydrogen-bond donors (Lipinski definition) is 2. The fraction of sp³-hybridized carbons (Fsp3) is 0.545. The van der Waals surface area contributed by atoms with Crippen molar-refractivity contribution in [3.63, 3.8) is 0 Å². The van der Waals surface area contributed by atoms with Crippen LogP contribution in [-0.4, -0.2) is 73.8 Å². The summed E-state index contributed by atoms with van der Waals surface area (Å²) in [6.45, 7) is 1.39. The van der Waals surface area contributed by atoms with Gasteiger partial charge in [-0.15, -0.1) is 35.3 Å². The van der Waals surface area contributed by atoms with Gasteiger partial charge in [-0.3, -0.25) is 19.3 Å². The van der Waals surface area contributed by atoms with Crippen molar-refractivity contribution < 1.29 is 14.4 Å². The van der Waals surface area contributed by atoms with E-state index in [9.17, 15) is 14.4 Å². The number of carbonyl (C=O) groups excluding carboxylic acids is 3. The molecule has 1 aromatic rings. The molecule has 3 amide bonds. The number of guanidine groups is 1. The molecule has 2 aliphatic carbocycles. The van der Waals surface area contributed by atoms with Crippen molar-refractivity contribution in [1.29, 1.82) is 0 Å². The largest absolute Gasteiger partial charge is 0.356 e. The number of imide groups is 1.